The average molecular weight is 198 g/mol. The zero-order chi connectivity index (χ0) is 9.26. The second-order valence-electron chi connectivity index (χ2n) is 3.52. The Morgan fingerprint density at radius 3 is 3.15 bits per heavy atom. The third-order valence-electron chi connectivity index (χ3n) is 2.42. The Kier molecular flexibility index (Phi) is 2.62. The summed E-state index contributed by atoms with van der Waals surface area (Å²) in [6, 6.07) is 2.20. The van der Waals surface area contributed by atoms with Gasteiger partial charge in [-0.15, -0.1) is 0 Å². The van der Waals surface area contributed by atoms with Crippen molar-refractivity contribution in [3.8, 4) is 0 Å². The lowest BCUT2D eigenvalue weighted by Gasteiger charge is -2.15. The van der Waals surface area contributed by atoms with Gasteiger partial charge >= 0.3 is 0 Å². The fourth-order valence-corrected chi connectivity index (χ4v) is 2.50. The first-order valence-corrected chi connectivity index (χ1v) is 5.39. The number of hydrogen-bond acceptors (Lipinski definition) is 4. The summed E-state index contributed by atoms with van der Waals surface area (Å²) in [5.74, 6) is 0. The van der Waals surface area contributed by atoms with Crippen LogP contribution in [-0.4, -0.2) is 22.1 Å². The van der Waals surface area contributed by atoms with Crippen molar-refractivity contribution in [1.82, 2.24) is 9.69 Å². The quantitative estimate of drug-likeness (QED) is 0.751. The van der Waals surface area contributed by atoms with Gasteiger partial charge in [0.05, 0.1) is 10.6 Å². The number of aliphatic hydroxyl groups excluding tert-OH is 1. The maximum atomic E-state index is 9.94. The van der Waals surface area contributed by atoms with Crippen molar-refractivity contribution in [1.29, 1.82) is 0 Å². The van der Waals surface area contributed by atoms with E-state index < -0.39 is 0 Å². The lowest BCUT2D eigenvalue weighted by Crippen LogP contribution is -2.28. The predicted molar refractivity (Wildman–Crippen MR) is 52.8 cm³/mol. The Hall–Kier alpha value is -0.450. The first-order chi connectivity index (χ1) is 6.27. The highest BCUT2D eigenvalue weighted by Gasteiger charge is 2.25. The molecule has 2 N–H and O–H groups in total. The first-order valence-electron chi connectivity index (χ1n) is 4.62. The number of aromatic nitrogens is 1. The molecule has 1 aromatic heterocycles. The van der Waals surface area contributed by atoms with E-state index >= 15 is 0 Å². The van der Waals surface area contributed by atoms with Crippen LogP contribution in [0.15, 0.2) is 6.07 Å². The van der Waals surface area contributed by atoms with Gasteiger partial charge in [0, 0.05) is 6.04 Å². The van der Waals surface area contributed by atoms with Crippen molar-refractivity contribution in [2.75, 3.05) is 6.54 Å². The molecule has 0 spiro atoms. The molecule has 4 heteroatoms. The Bertz CT molecular complexity index is 281. The molecular formula is C9H14N2OS. The van der Waals surface area contributed by atoms with Crippen LogP contribution in [-0.2, 0) is 0 Å². The van der Waals surface area contributed by atoms with E-state index in [-0.39, 0.29) is 12.1 Å². The molecule has 0 saturated carbocycles. The van der Waals surface area contributed by atoms with Crippen LogP contribution in [0.2, 0.25) is 0 Å². The van der Waals surface area contributed by atoms with Crippen molar-refractivity contribution < 1.29 is 5.11 Å². The third-order valence-corrected chi connectivity index (χ3v) is 3.37. The number of hydrogen-bond donors (Lipinski definition) is 2. The van der Waals surface area contributed by atoms with Crippen molar-refractivity contribution >= 4 is 11.5 Å². The molecule has 0 aliphatic carbocycles. The molecule has 2 heterocycles. The molecular weight excluding hydrogens is 184 g/mol. The predicted octanol–water partition coefficient (Wildman–Crippen LogP) is 1.24. The van der Waals surface area contributed by atoms with E-state index in [0.29, 0.717) is 0 Å². The molecule has 1 saturated heterocycles. The van der Waals surface area contributed by atoms with E-state index in [1.807, 2.05) is 13.0 Å². The van der Waals surface area contributed by atoms with E-state index in [4.69, 9.17) is 0 Å². The molecule has 2 rings (SSSR count). The summed E-state index contributed by atoms with van der Waals surface area (Å²) in [7, 11) is 0. The molecule has 3 nitrogen and oxygen atoms in total. The lowest BCUT2D eigenvalue weighted by molar-refractivity contribution is 0.141. The number of nitrogens with one attached hydrogen (secondary N) is 1. The summed E-state index contributed by atoms with van der Waals surface area (Å²) in [5, 5.41) is 13.2. The van der Waals surface area contributed by atoms with Crippen LogP contribution in [0.4, 0.5) is 0 Å². The fourth-order valence-electron chi connectivity index (χ4n) is 1.70. The SMILES string of the molecule is Cc1cc(C(O)[C@@H]2CCCN2)sn1. The van der Waals surface area contributed by atoms with Crippen LogP contribution in [0.1, 0.15) is 29.5 Å². The van der Waals surface area contributed by atoms with Crippen LogP contribution in [0.3, 0.4) is 0 Å². The minimum Gasteiger partial charge on any atom is -0.386 e. The molecule has 1 aliphatic heterocycles. The summed E-state index contributed by atoms with van der Waals surface area (Å²) in [6.07, 6.45) is 1.87. The van der Waals surface area contributed by atoms with E-state index in [2.05, 4.69) is 9.69 Å². The normalized spacial score (nSPS) is 24.9. The highest BCUT2D eigenvalue weighted by atomic mass is 32.1. The minimum absolute atomic E-state index is 0.236. The van der Waals surface area contributed by atoms with Gasteiger partial charge in [-0.05, 0) is 43.9 Å². The van der Waals surface area contributed by atoms with Gasteiger partial charge in [-0.3, -0.25) is 0 Å². The Morgan fingerprint density at radius 2 is 2.62 bits per heavy atom. The fraction of sp³-hybridized carbons (Fsp3) is 0.667. The standard InChI is InChI=1S/C9H14N2OS/c1-6-5-8(13-11-6)9(12)7-3-2-4-10-7/h5,7,9-10,12H,2-4H2,1H3/t7-,9?/m0/s1. The smallest absolute Gasteiger partial charge is 0.105 e. The monoisotopic (exact) mass is 198 g/mol. The molecule has 0 bridgehead atoms. The van der Waals surface area contributed by atoms with Crippen LogP contribution >= 0.6 is 11.5 Å². The van der Waals surface area contributed by atoms with Crippen LogP contribution < -0.4 is 5.32 Å². The van der Waals surface area contributed by atoms with E-state index in [0.717, 1.165) is 23.5 Å². The third kappa shape index (κ3) is 1.90. The molecule has 1 fully saturated rings. The number of rotatable bonds is 2. The number of aliphatic hydroxyl groups is 1. The summed E-state index contributed by atoms with van der Waals surface area (Å²) in [5.41, 5.74) is 0.997. The van der Waals surface area contributed by atoms with Gasteiger partial charge in [-0.2, -0.15) is 4.37 Å². The molecule has 13 heavy (non-hydrogen) atoms. The molecule has 0 amide bonds. The van der Waals surface area contributed by atoms with Crippen LogP contribution in [0.5, 0.6) is 0 Å². The summed E-state index contributed by atoms with van der Waals surface area (Å²) in [4.78, 5) is 0.983. The summed E-state index contributed by atoms with van der Waals surface area (Å²) in [6.45, 7) is 2.98. The molecule has 0 aromatic carbocycles. The maximum absolute atomic E-state index is 9.94. The molecule has 72 valence electrons. The van der Waals surface area contributed by atoms with Gasteiger partial charge in [0.25, 0.3) is 0 Å². The van der Waals surface area contributed by atoms with Crippen molar-refractivity contribution in [3.05, 3.63) is 16.6 Å². The topological polar surface area (TPSA) is 45.1 Å². The molecule has 1 aliphatic rings. The Balaban J connectivity index is 2.07. The highest BCUT2D eigenvalue weighted by molar-refractivity contribution is 7.05. The first kappa shape index (κ1) is 9.12. The molecule has 2 atom stereocenters. The van der Waals surface area contributed by atoms with Gasteiger partial charge < -0.3 is 10.4 Å². The van der Waals surface area contributed by atoms with Crippen molar-refractivity contribution in [3.63, 3.8) is 0 Å². The molecule has 1 unspecified atom stereocenters. The maximum Gasteiger partial charge on any atom is 0.105 e. The van der Waals surface area contributed by atoms with E-state index in [1.165, 1.54) is 18.0 Å². The van der Waals surface area contributed by atoms with Crippen LogP contribution in [0.25, 0.3) is 0 Å². The second kappa shape index (κ2) is 3.74. The molecule has 0 radical (unpaired) electrons. The van der Waals surface area contributed by atoms with Gasteiger partial charge in [0.1, 0.15) is 6.10 Å². The Labute approximate surface area is 82.0 Å². The largest absolute Gasteiger partial charge is 0.386 e. The van der Waals surface area contributed by atoms with Gasteiger partial charge in [0.2, 0.25) is 0 Å². The second-order valence-corrected chi connectivity index (χ2v) is 4.35. The highest BCUT2D eigenvalue weighted by Crippen LogP contribution is 2.25. The number of nitrogens with zero attached hydrogens (tertiary/aromatic N) is 1. The number of aryl methyl sites for hydroxylation is 1. The van der Waals surface area contributed by atoms with Gasteiger partial charge in [-0.1, -0.05) is 0 Å². The van der Waals surface area contributed by atoms with Crippen LogP contribution in [0, 0.1) is 6.92 Å². The lowest BCUT2D eigenvalue weighted by atomic mass is 10.1. The minimum atomic E-state index is -0.367. The zero-order valence-electron chi connectivity index (χ0n) is 7.66. The Morgan fingerprint density at radius 1 is 1.77 bits per heavy atom. The zero-order valence-corrected chi connectivity index (χ0v) is 8.47. The van der Waals surface area contributed by atoms with Crippen molar-refractivity contribution in [2.45, 2.75) is 31.9 Å². The van der Waals surface area contributed by atoms with E-state index in [9.17, 15) is 5.11 Å². The van der Waals surface area contributed by atoms with E-state index in [1.54, 1.807) is 0 Å². The average Bonchev–Trinajstić information content (AvgIpc) is 2.72. The van der Waals surface area contributed by atoms with Crippen molar-refractivity contribution in [2.24, 2.45) is 0 Å². The van der Waals surface area contributed by atoms with Gasteiger partial charge in [-0.25, -0.2) is 0 Å². The summed E-state index contributed by atoms with van der Waals surface area (Å²) < 4.78 is 4.16. The molecule has 1 aromatic rings. The summed E-state index contributed by atoms with van der Waals surface area (Å²) >= 11 is 1.40. The van der Waals surface area contributed by atoms with Gasteiger partial charge in [0.15, 0.2) is 0 Å².